The summed E-state index contributed by atoms with van der Waals surface area (Å²) in [5.74, 6) is 0.887. The fourth-order valence-corrected chi connectivity index (χ4v) is 1.31. The molecule has 0 atom stereocenters. The van der Waals surface area contributed by atoms with E-state index in [2.05, 4.69) is 11.9 Å². The van der Waals surface area contributed by atoms with Crippen LogP contribution in [-0.4, -0.2) is 19.9 Å². The van der Waals surface area contributed by atoms with Crippen LogP contribution in [0, 0.1) is 0 Å². The standard InChI is InChI=1S/C13H19NO/c1-3-4-5-10-14-11-12-6-8-13(15-2)9-7-12/h6-9,11H,3-5,10H2,1-2H3/b14-11+. The number of rotatable bonds is 6. The Morgan fingerprint density at radius 1 is 1.20 bits per heavy atom. The van der Waals surface area contributed by atoms with E-state index >= 15 is 0 Å². The Hall–Kier alpha value is -1.31. The molecular formula is C13H19NO. The van der Waals surface area contributed by atoms with Gasteiger partial charge in [0.25, 0.3) is 0 Å². The maximum Gasteiger partial charge on any atom is 0.118 e. The van der Waals surface area contributed by atoms with Gasteiger partial charge in [0.05, 0.1) is 7.11 Å². The highest BCUT2D eigenvalue weighted by Gasteiger charge is 1.90. The molecular weight excluding hydrogens is 186 g/mol. The van der Waals surface area contributed by atoms with Gasteiger partial charge in [0.15, 0.2) is 0 Å². The summed E-state index contributed by atoms with van der Waals surface area (Å²) in [5.41, 5.74) is 1.13. The fraction of sp³-hybridized carbons (Fsp3) is 0.462. The Bertz CT molecular complexity index is 290. The van der Waals surface area contributed by atoms with Crippen LogP contribution in [0.3, 0.4) is 0 Å². The van der Waals surface area contributed by atoms with Gasteiger partial charge in [-0.25, -0.2) is 0 Å². The van der Waals surface area contributed by atoms with Crippen LogP contribution in [0.25, 0.3) is 0 Å². The van der Waals surface area contributed by atoms with Gasteiger partial charge >= 0.3 is 0 Å². The van der Waals surface area contributed by atoms with Crippen molar-refractivity contribution in [1.82, 2.24) is 0 Å². The van der Waals surface area contributed by atoms with E-state index in [0.29, 0.717) is 0 Å². The molecule has 1 aromatic rings. The molecule has 0 unspecified atom stereocenters. The van der Waals surface area contributed by atoms with E-state index in [1.54, 1.807) is 7.11 Å². The summed E-state index contributed by atoms with van der Waals surface area (Å²) < 4.78 is 5.08. The lowest BCUT2D eigenvalue weighted by Gasteiger charge is -1.98. The Morgan fingerprint density at radius 2 is 1.93 bits per heavy atom. The summed E-state index contributed by atoms with van der Waals surface area (Å²) in [6.07, 6.45) is 5.62. The van der Waals surface area contributed by atoms with Crippen LogP contribution in [0.5, 0.6) is 5.75 Å². The maximum absolute atomic E-state index is 5.08. The predicted molar refractivity (Wildman–Crippen MR) is 65.0 cm³/mol. The highest BCUT2D eigenvalue weighted by Crippen LogP contribution is 2.09. The van der Waals surface area contributed by atoms with E-state index in [1.807, 2.05) is 30.5 Å². The van der Waals surface area contributed by atoms with Crippen LogP contribution in [0.15, 0.2) is 29.3 Å². The molecule has 0 saturated heterocycles. The summed E-state index contributed by atoms with van der Waals surface area (Å²) >= 11 is 0. The topological polar surface area (TPSA) is 21.6 Å². The molecule has 0 bridgehead atoms. The fourth-order valence-electron chi connectivity index (χ4n) is 1.31. The van der Waals surface area contributed by atoms with Crippen LogP contribution >= 0.6 is 0 Å². The molecule has 1 aromatic carbocycles. The SMILES string of the molecule is CCCCC/N=C/c1ccc(OC)cc1. The number of hydrogen-bond donors (Lipinski definition) is 0. The molecule has 0 amide bonds. The Kier molecular flexibility index (Phi) is 5.52. The second-order valence-electron chi connectivity index (χ2n) is 3.52. The van der Waals surface area contributed by atoms with Crippen molar-refractivity contribution in [2.24, 2.45) is 4.99 Å². The molecule has 82 valence electrons. The number of methoxy groups -OCH3 is 1. The van der Waals surface area contributed by atoms with Gasteiger partial charge in [-0.1, -0.05) is 19.8 Å². The molecule has 0 saturated carbocycles. The second kappa shape index (κ2) is 7.04. The van der Waals surface area contributed by atoms with Gasteiger partial charge in [-0.3, -0.25) is 4.99 Å². The first-order valence-electron chi connectivity index (χ1n) is 5.50. The number of ether oxygens (including phenoxy) is 1. The van der Waals surface area contributed by atoms with Crippen molar-refractivity contribution >= 4 is 6.21 Å². The van der Waals surface area contributed by atoms with Gasteiger partial charge in [0.2, 0.25) is 0 Å². The summed E-state index contributed by atoms with van der Waals surface area (Å²) in [6, 6.07) is 7.94. The van der Waals surface area contributed by atoms with Gasteiger partial charge in [-0.05, 0) is 36.2 Å². The first-order chi connectivity index (χ1) is 7.36. The van der Waals surface area contributed by atoms with Crippen molar-refractivity contribution in [1.29, 1.82) is 0 Å². The molecule has 0 aliphatic carbocycles. The van der Waals surface area contributed by atoms with Crippen molar-refractivity contribution in [3.8, 4) is 5.75 Å². The monoisotopic (exact) mass is 205 g/mol. The maximum atomic E-state index is 5.08. The van der Waals surface area contributed by atoms with Crippen molar-refractivity contribution in [3.63, 3.8) is 0 Å². The smallest absolute Gasteiger partial charge is 0.118 e. The summed E-state index contributed by atoms with van der Waals surface area (Å²) in [6.45, 7) is 3.13. The average Bonchev–Trinajstić information content (AvgIpc) is 2.30. The first-order valence-corrected chi connectivity index (χ1v) is 5.50. The third-order valence-corrected chi connectivity index (χ3v) is 2.25. The number of unbranched alkanes of at least 4 members (excludes halogenated alkanes) is 2. The van der Waals surface area contributed by atoms with Gasteiger partial charge in [0, 0.05) is 12.8 Å². The molecule has 1 rings (SSSR count). The largest absolute Gasteiger partial charge is 0.497 e. The van der Waals surface area contributed by atoms with E-state index in [1.165, 1.54) is 19.3 Å². The van der Waals surface area contributed by atoms with Crippen molar-refractivity contribution in [2.45, 2.75) is 26.2 Å². The Balaban J connectivity index is 2.36. The third kappa shape index (κ3) is 4.63. The summed E-state index contributed by atoms with van der Waals surface area (Å²) in [4.78, 5) is 4.37. The van der Waals surface area contributed by atoms with Gasteiger partial charge in [0.1, 0.15) is 5.75 Å². The molecule has 0 spiro atoms. The number of benzene rings is 1. The summed E-state index contributed by atoms with van der Waals surface area (Å²) in [5, 5.41) is 0. The first kappa shape index (κ1) is 11.8. The molecule has 0 aromatic heterocycles. The normalized spacial score (nSPS) is 10.8. The minimum absolute atomic E-state index is 0.887. The Labute approximate surface area is 92.0 Å². The predicted octanol–water partition coefficient (Wildman–Crippen LogP) is 3.30. The number of hydrogen-bond acceptors (Lipinski definition) is 2. The van der Waals surface area contributed by atoms with Crippen LogP contribution in [0.1, 0.15) is 31.7 Å². The Morgan fingerprint density at radius 3 is 2.53 bits per heavy atom. The minimum atomic E-state index is 0.887. The van der Waals surface area contributed by atoms with Crippen molar-refractivity contribution < 1.29 is 4.74 Å². The zero-order valence-electron chi connectivity index (χ0n) is 9.57. The molecule has 2 nitrogen and oxygen atoms in total. The van der Waals surface area contributed by atoms with E-state index in [-0.39, 0.29) is 0 Å². The van der Waals surface area contributed by atoms with Crippen molar-refractivity contribution in [3.05, 3.63) is 29.8 Å². The lowest BCUT2D eigenvalue weighted by atomic mass is 10.2. The highest BCUT2D eigenvalue weighted by atomic mass is 16.5. The highest BCUT2D eigenvalue weighted by molar-refractivity contribution is 5.79. The molecule has 2 heteroatoms. The number of aliphatic imine (C=N–C) groups is 1. The third-order valence-electron chi connectivity index (χ3n) is 2.25. The van der Waals surface area contributed by atoms with E-state index in [0.717, 1.165) is 17.9 Å². The average molecular weight is 205 g/mol. The molecule has 0 aliphatic heterocycles. The zero-order chi connectivity index (χ0) is 10.9. The van der Waals surface area contributed by atoms with Gasteiger partial charge in [-0.15, -0.1) is 0 Å². The lowest BCUT2D eigenvalue weighted by molar-refractivity contribution is 0.415. The van der Waals surface area contributed by atoms with Crippen LogP contribution in [0.4, 0.5) is 0 Å². The van der Waals surface area contributed by atoms with Crippen LogP contribution in [-0.2, 0) is 0 Å². The molecule has 0 fully saturated rings. The van der Waals surface area contributed by atoms with Crippen LogP contribution < -0.4 is 4.74 Å². The molecule has 0 aliphatic rings. The number of nitrogens with zero attached hydrogens (tertiary/aromatic N) is 1. The van der Waals surface area contributed by atoms with Gasteiger partial charge in [-0.2, -0.15) is 0 Å². The van der Waals surface area contributed by atoms with E-state index in [4.69, 9.17) is 4.74 Å². The van der Waals surface area contributed by atoms with E-state index in [9.17, 15) is 0 Å². The lowest BCUT2D eigenvalue weighted by Crippen LogP contribution is -1.86. The molecule has 15 heavy (non-hydrogen) atoms. The minimum Gasteiger partial charge on any atom is -0.497 e. The molecule has 0 radical (unpaired) electrons. The quantitative estimate of drug-likeness (QED) is 0.516. The van der Waals surface area contributed by atoms with Crippen molar-refractivity contribution in [2.75, 3.05) is 13.7 Å². The van der Waals surface area contributed by atoms with E-state index < -0.39 is 0 Å². The summed E-state index contributed by atoms with van der Waals surface area (Å²) in [7, 11) is 1.67. The van der Waals surface area contributed by atoms with Gasteiger partial charge < -0.3 is 4.74 Å². The second-order valence-corrected chi connectivity index (χ2v) is 3.52. The van der Waals surface area contributed by atoms with Crippen LogP contribution in [0.2, 0.25) is 0 Å². The molecule has 0 N–H and O–H groups in total. The molecule has 0 heterocycles. The zero-order valence-corrected chi connectivity index (χ0v) is 9.57.